The van der Waals surface area contributed by atoms with E-state index in [0.29, 0.717) is 6.04 Å². The van der Waals surface area contributed by atoms with Crippen molar-refractivity contribution in [3.8, 4) is 11.3 Å². The van der Waals surface area contributed by atoms with Crippen molar-refractivity contribution in [3.05, 3.63) is 108 Å². The van der Waals surface area contributed by atoms with Gasteiger partial charge in [0.1, 0.15) is 0 Å². The molecule has 1 atom stereocenters. The molecule has 4 heteroatoms. The Morgan fingerprint density at radius 2 is 1.83 bits per heavy atom. The molecule has 0 bridgehead atoms. The molecule has 30 heavy (non-hydrogen) atoms. The molecule has 0 spiro atoms. The molecular formula is C26H26N4. The summed E-state index contributed by atoms with van der Waals surface area (Å²) < 4.78 is 2.05. The lowest BCUT2D eigenvalue weighted by Gasteiger charge is -2.26. The number of rotatable bonds is 6. The van der Waals surface area contributed by atoms with Crippen LogP contribution in [-0.4, -0.2) is 14.8 Å². The molecule has 1 N–H and O–H groups in total. The summed E-state index contributed by atoms with van der Waals surface area (Å²) in [6.45, 7) is 1.55. The van der Waals surface area contributed by atoms with Crippen molar-refractivity contribution in [3.63, 3.8) is 0 Å². The maximum Gasteiger partial charge on any atom is 0.0983 e. The highest BCUT2D eigenvalue weighted by Gasteiger charge is 2.20. The van der Waals surface area contributed by atoms with E-state index in [1.165, 1.54) is 41.5 Å². The second kappa shape index (κ2) is 8.64. The molecule has 2 heterocycles. The predicted octanol–water partition coefficient (Wildman–Crippen LogP) is 5.16. The summed E-state index contributed by atoms with van der Waals surface area (Å²) in [6.07, 6.45) is 9.48. The fourth-order valence-electron chi connectivity index (χ4n) is 4.39. The third-order valence-electron chi connectivity index (χ3n) is 5.87. The van der Waals surface area contributed by atoms with Gasteiger partial charge in [0.05, 0.1) is 12.2 Å². The predicted molar refractivity (Wildman–Crippen MR) is 120 cm³/mol. The number of benzene rings is 2. The van der Waals surface area contributed by atoms with Crippen LogP contribution in [0.4, 0.5) is 0 Å². The van der Waals surface area contributed by atoms with Crippen LogP contribution in [0.3, 0.4) is 0 Å². The van der Waals surface area contributed by atoms with E-state index < -0.39 is 0 Å². The van der Waals surface area contributed by atoms with Gasteiger partial charge >= 0.3 is 0 Å². The molecule has 2 aromatic heterocycles. The minimum absolute atomic E-state index is 0.397. The number of fused-ring (bicyclic) bond motifs is 1. The van der Waals surface area contributed by atoms with Crippen molar-refractivity contribution in [2.24, 2.45) is 0 Å². The van der Waals surface area contributed by atoms with Crippen LogP contribution in [0, 0.1) is 0 Å². The first-order chi connectivity index (χ1) is 14.9. The summed E-state index contributed by atoms with van der Waals surface area (Å²) in [7, 11) is 0. The highest BCUT2D eigenvalue weighted by Crippen LogP contribution is 2.30. The van der Waals surface area contributed by atoms with Gasteiger partial charge in [0.2, 0.25) is 0 Å². The molecular weight excluding hydrogens is 368 g/mol. The number of hydrogen-bond acceptors (Lipinski definition) is 3. The third kappa shape index (κ3) is 4.05. The van der Waals surface area contributed by atoms with E-state index in [-0.39, 0.29) is 0 Å². The number of aryl methyl sites for hydroxylation is 1. The zero-order chi connectivity index (χ0) is 20.2. The Labute approximate surface area is 177 Å². The van der Waals surface area contributed by atoms with Crippen LogP contribution in [-0.2, 0) is 19.5 Å². The van der Waals surface area contributed by atoms with Gasteiger partial charge in [0.15, 0.2) is 0 Å². The Morgan fingerprint density at radius 3 is 2.70 bits per heavy atom. The highest BCUT2D eigenvalue weighted by molar-refractivity contribution is 5.61. The number of nitrogens with zero attached hydrogens (tertiary/aromatic N) is 3. The van der Waals surface area contributed by atoms with E-state index in [2.05, 4.69) is 71.1 Å². The molecule has 5 rings (SSSR count). The SMILES string of the molecule is c1ccc(Cn2cc(CN[C@@H]3CCCc4ccccc43)c(-c3cccnc3)n2)cc1. The fraction of sp³-hybridized carbons (Fsp3) is 0.231. The Hall–Kier alpha value is -3.24. The standard InChI is InChI=1S/C26H26N4/c1-2-8-20(9-3-1)18-30-19-23(26(29-30)22-12-7-15-27-16-22)17-28-25-14-6-11-21-10-4-5-13-24(21)25/h1-5,7-10,12-13,15-16,19,25,28H,6,11,14,17-18H2/t25-/m1/s1. The van der Waals surface area contributed by atoms with Crippen molar-refractivity contribution < 1.29 is 0 Å². The summed E-state index contributed by atoms with van der Waals surface area (Å²) in [5.41, 5.74) is 7.46. The van der Waals surface area contributed by atoms with Gasteiger partial charge in [-0.2, -0.15) is 5.10 Å². The molecule has 0 saturated heterocycles. The van der Waals surface area contributed by atoms with E-state index in [1.807, 2.05) is 23.0 Å². The van der Waals surface area contributed by atoms with Crippen molar-refractivity contribution in [1.29, 1.82) is 0 Å². The molecule has 0 amide bonds. The van der Waals surface area contributed by atoms with Crippen LogP contribution in [0.5, 0.6) is 0 Å². The molecule has 4 nitrogen and oxygen atoms in total. The molecule has 4 aromatic rings. The van der Waals surface area contributed by atoms with E-state index >= 15 is 0 Å². The lowest BCUT2D eigenvalue weighted by atomic mass is 9.87. The van der Waals surface area contributed by atoms with Crippen LogP contribution in [0.2, 0.25) is 0 Å². The molecule has 0 fully saturated rings. The Bertz CT molecular complexity index is 1100. The smallest absolute Gasteiger partial charge is 0.0983 e. The maximum atomic E-state index is 4.92. The number of pyridine rings is 1. The molecule has 1 aliphatic carbocycles. The van der Waals surface area contributed by atoms with Crippen LogP contribution in [0.25, 0.3) is 11.3 Å². The second-order valence-electron chi connectivity index (χ2n) is 7.95. The average Bonchev–Trinajstić information content (AvgIpc) is 3.21. The molecule has 150 valence electrons. The molecule has 0 radical (unpaired) electrons. The van der Waals surface area contributed by atoms with Gasteiger partial charge in [-0.15, -0.1) is 0 Å². The number of aromatic nitrogens is 3. The van der Waals surface area contributed by atoms with E-state index in [4.69, 9.17) is 5.10 Å². The minimum atomic E-state index is 0.397. The Kier molecular flexibility index (Phi) is 5.40. The lowest BCUT2D eigenvalue weighted by Crippen LogP contribution is -2.24. The second-order valence-corrected chi connectivity index (χ2v) is 7.95. The monoisotopic (exact) mass is 394 g/mol. The van der Waals surface area contributed by atoms with Gasteiger partial charge in [-0.1, -0.05) is 54.6 Å². The molecule has 0 saturated carbocycles. The average molecular weight is 395 g/mol. The van der Waals surface area contributed by atoms with Gasteiger partial charge in [-0.3, -0.25) is 9.67 Å². The normalized spacial score (nSPS) is 15.7. The zero-order valence-corrected chi connectivity index (χ0v) is 17.0. The Balaban J connectivity index is 1.41. The van der Waals surface area contributed by atoms with Crippen LogP contribution >= 0.6 is 0 Å². The first kappa shape index (κ1) is 18.8. The van der Waals surface area contributed by atoms with Crippen molar-refractivity contribution in [2.45, 2.75) is 38.4 Å². The summed E-state index contributed by atoms with van der Waals surface area (Å²) in [4.78, 5) is 4.31. The largest absolute Gasteiger partial charge is 0.306 e. The zero-order valence-electron chi connectivity index (χ0n) is 17.0. The van der Waals surface area contributed by atoms with E-state index in [1.54, 1.807) is 6.20 Å². The van der Waals surface area contributed by atoms with E-state index in [0.717, 1.165) is 24.3 Å². The maximum absolute atomic E-state index is 4.92. The lowest BCUT2D eigenvalue weighted by molar-refractivity contribution is 0.459. The number of hydrogen-bond donors (Lipinski definition) is 1. The van der Waals surface area contributed by atoms with Crippen LogP contribution in [0.15, 0.2) is 85.3 Å². The summed E-state index contributed by atoms with van der Waals surface area (Å²) in [6, 6.07) is 23.8. The van der Waals surface area contributed by atoms with Crippen molar-refractivity contribution >= 4 is 0 Å². The number of nitrogens with one attached hydrogen (secondary N) is 1. The Morgan fingerprint density at radius 1 is 0.967 bits per heavy atom. The van der Waals surface area contributed by atoms with Gasteiger partial charge in [0, 0.05) is 42.3 Å². The minimum Gasteiger partial charge on any atom is -0.306 e. The first-order valence-electron chi connectivity index (χ1n) is 10.7. The molecule has 2 aromatic carbocycles. The topological polar surface area (TPSA) is 42.7 Å². The van der Waals surface area contributed by atoms with Gasteiger partial charge in [-0.25, -0.2) is 0 Å². The first-order valence-corrected chi connectivity index (χ1v) is 10.7. The fourth-order valence-corrected chi connectivity index (χ4v) is 4.39. The quantitative estimate of drug-likeness (QED) is 0.491. The van der Waals surface area contributed by atoms with E-state index in [9.17, 15) is 0 Å². The van der Waals surface area contributed by atoms with Crippen molar-refractivity contribution in [2.75, 3.05) is 0 Å². The molecule has 0 aliphatic heterocycles. The summed E-state index contributed by atoms with van der Waals surface area (Å²) in [5, 5.41) is 8.73. The molecule has 0 unspecified atom stereocenters. The van der Waals surface area contributed by atoms with Crippen molar-refractivity contribution in [1.82, 2.24) is 20.1 Å². The third-order valence-corrected chi connectivity index (χ3v) is 5.87. The van der Waals surface area contributed by atoms with Gasteiger partial charge in [0.25, 0.3) is 0 Å². The molecule has 1 aliphatic rings. The highest BCUT2D eigenvalue weighted by atomic mass is 15.3. The van der Waals surface area contributed by atoms with Gasteiger partial charge in [-0.05, 0) is 48.1 Å². The summed E-state index contributed by atoms with van der Waals surface area (Å²) >= 11 is 0. The van der Waals surface area contributed by atoms with Crippen LogP contribution in [0.1, 0.15) is 41.1 Å². The summed E-state index contributed by atoms with van der Waals surface area (Å²) in [5.74, 6) is 0. The van der Waals surface area contributed by atoms with Crippen LogP contribution < -0.4 is 5.32 Å². The van der Waals surface area contributed by atoms with Gasteiger partial charge < -0.3 is 5.32 Å².